The minimum atomic E-state index is -3.22. The average molecular weight is 354 g/mol. The molecular formula is C15H18N2O4S2. The molecule has 1 amide bonds. The number of thiophene rings is 1. The van der Waals surface area contributed by atoms with E-state index in [2.05, 4.69) is 5.32 Å². The Hall–Kier alpha value is -1.48. The molecule has 0 unspecified atom stereocenters. The van der Waals surface area contributed by atoms with Crippen molar-refractivity contribution in [2.45, 2.75) is 6.10 Å². The summed E-state index contributed by atoms with van der Waals surface area (Å²) in [6.45, 7) is 1.26. The van der Waals surface area contributed by atoms with Crippen LogP contribution in [0.3, 0.4) is 0 Å². The van der Waals surface area contributed by atoms with Crippen LogP contribution in [0, 0.1) is 0 Å². The molecule has 23 heavy (non-hydrogen) atoms. The van der Waals surface area contributed by atoms with Crippen molar-refractivity contribution < 1.29 is 17.9 Å². The third kappa shape index (κ3) is 3.89. The van der Waals surface area contributed by atoms with E-state index < -0.39 is 10.0 Å². The standard InChI is InChI=1S/C15H18N2O4S2/c1-23(19,20)17-6-7-21-12(10-17)9-16-15(18)14-8-11-4-2-3-5-13(11)22-14/h2-5,8,12H,6-7,9-10H2,1H3,(H,16,18)/t12-/m1/s1. The van der Waals surface area contributed by atoms with E-state index in [0.29, 0.717) is 24.6 Å². The molecule has 0 radical (unpaired) electrons. The summed E-state index contributed by atoms with van der Waals surface area (Å²) in [5.74, 6) is -0.161. The van der Waals surface area contributed by atoms with Crippen molar-refractivity contribution in [1.82, 2.24) is 9.62 Å². The van der Waals surface area contributed by atoms with Crippen molar-refractivity contribution in [2.24, 2.45) is 0 Å². The summed E-state index contributed by atoms with van der Waals surface area (Å²) < 4.78 is 31.1. The van der Waals surface area contributed by atoms with E-state index in [-0.39, 0.29) is 18.6 Å². The smallest absolute Gasteiger partial charge is 0.261 e. The summed E-state index contributed by atoms with van der Waals surface area (Å²) in [6, 6.07) is 9.68. The Labute approximate surface area is 139 Å². The summed E-state index contributed by atoms with van der Waals surface area (Å²) in [4.78, 5) is 12.9. The molecule has 0 spiro atoms. The molecule has 3 rings (SSSR count). The Bertz CT molecular complexity index is 783. The van der Waals surface area contributed by atoms with Gasteiger partial charge in [0.05, 0.1) is 23.8 Å². The van der Waals surface area contributed by atoms with Crippen LogP contribution in [-0.2, 0) is 14.8 Å². The largest absolute Gasteiger partial charge is 0.374 e. The lowest BCUT2D eigenvalue weighted by molar-refractivity contribution is 0.000461. The van der Waals surface area contributed by atoms with Crippen LogP contribution < -0.4 is 5.32 Å². The van der Waals surface area contributed by atoms with Gasteiger partial charge in [-0.1, -0.05) is 18.2 Å². The zero-order chi connectivity index (χ0) is 16.4. The van der Waals surface area contributed by atoms with Crippen LogP contribution in [0.5, 0.6) is 0 Å². The van der Waals surface area contributed by atoms with Gasteiger partial charge in [-0.2, -0.15) is 4.31 Å². The Kier molecular flexibility index (Phi) is 4.67. The second kappa shape index (κ2) is 6.56. The monoisotopic (exact) mass is 354 g/mol. The van der Waals surface area contributed by atoms with E-state index in [1.807, 2.05) is 30.3 Å². The number of rotatable bonds is 4. The number of hydrogen-bond donors (Lipinski definition) is 1. The molecule has 1 aliphatic heterocycles. The Morgan fingerprint density at radius 1 is 1.43 bits per heavy atom. The topological polar surface area (TPSA) is 75.7 Å². The van der Waals surface area contributed by atoms with Crippen molar-refractivity contribution in [1.29, 1.82) is 0 Å². The van der Waals surface area contributed by atoms with Gasteiger partial charge < -0.3 is 10.1 Å². The molecule has 1 aliphatic rings. The molecule has 8 heteroatoms. The van der Waals surface area contributed by atoms with Gasteiger partial charge in [0.15, 0.2) is 0 Å². The summed E-state index contributed by atoms with van der Waals surface area (Å²) in [7, 11) is -3.22. The van der Waals surface area contributed by atoms with E-state index in [0.717, 1.165) is 10.1 Å². The predicted molar refractivity (Wildman–Crippen MR) is 90.3 cm³/mol. The highest BCUT2D eigenvalue weighted by atomic mass is 32.2. The van der Waals surface area contributed by atoms with Gasteiger partial charge in [-0.3, -0.25) is 4.79 Å². The van der Waals surface area contributed by atoms with Gasteiger partial charge in [0, 0.05) is 24.3 Å². The molecule has 1 N–H and O–H groups in total. The first-order valence-electron chi connectivity index (χ1n) is 7.27. The lowest BCUT2D eigenvalue weighted by Crippen LogP contribution is -2.49. The average Bonchev–Trinajstić information content (AvgIpc) is 2.96. The van der Waals surface area contributed by atoms with Crippen molar-refractivity contribution >= 4 is 37.4 Å². The van der Waals surface area contributed by atoms with Crippen molar-refractivity contribution in [3.63, 3.8) is 0 Å². The highest BCUT2D eigenvalue weighted by Gasteiger charge is 2.26. The first kappa shape index (κ1) is 16.4. The number of ether oxygens (including phenoxy) is 1. The molecule has 124 valence electrons. The number of amides is 1. The second-order valence-corrected chi connectivity index (χ2v) is 8.54. The molecule has 1 atom stereocenters. The normalized spacial score (nSPS) is 19.8. The molecule has 1 aromatic heterocycles. The third-order valence-electron chi connectivity index (χ3n) is 3.71. The number of sulfonamides is 1. The Morgan fingerprint density at radius 3 is 2.96 bits per heavy atom. The van der Waals surface area contributed by atoms with Gasteiger partial charge in [-0.05, 0) is 17.5 Å². The Morgan fingerprint density at radius 2 is 2.22 bits per heavy atom. The van der Waals surface area contributed by atoms with Gasteiger partial charge in [0.25, 0.3) is 5.91 Å². The molecule has 0 saturated carbocycles. The number of fused-ring (bicyclic) bond motifs is 1. The molecular weight excluding hydrogens is 336 g/mol. The Balaban J connectivity index is 1.60. The summed E-state index contributed by atoms with van der Waals surface area (Å²) >= 11 is 1.44. The summed E-state index contributed by atoms with van der Waals surface area (Å²) in [5, 5.41) is 3.87. The first-order chi connectivity index (χ1) is 10.9. The molecule has 2 heterocycles. The van der Waals surface area contributed by atoms with Gasteiger partial charge in [0.2, 0.25) is 10.0 Å². The third-order valence-corrected chi connectivity index (χ3v) is 6.09. The second-order valence-electron chi connectivity index (χ2n) is 5.47. The van der Waals surface area contributed by atoms with E-state index in [1.165, 1.54) is 21.9 Å². The van der Waals surface area contributed by atoms with Crippen LogP contribution in [0.1, 0.15) is 9.67 Å². The van der Waals surface area contributed by atoms with Crippen LogP contribution in [0.2, 0.25) is 0 Å². The quantitative estimate of drug-likeness (QED) is 0.898. The van der Waals surface area contributed by atoms with Crippen LogP contribution >= 0.6 is 11.3 Å². The maximum Gasteiger partial charge on any atom is 0.261 e. The lowest BCUT2D eigenvalue weighted by atomic mass is 10.2. The maximum atomic E-state index is 12.2. The first-order valence-corrected chi connectivity index (χ1v) is 9.93. The maximum absolute atomic E-state index is 12.2. The van der Waals surface area contributed by atoms with Crippen molar-refractivity contribution in [3.8, 4) is 0 Å². The molecule has 1 saturated heterocycles. The van der Waals surface area contributed by atoms with Gasteiger partial charge >= 0.3 is 0 Å². The molecule has 0 aliphatic carbocycles. The predicted octanol–water partition coefficient (Wildman–Crippen LogP) is 1.29. The lowest BCUT2D eigenvalue weighted by Gasteiger charge is -2.31. The fraction of sp³-hybridized carbons (Fsp3) is 0.400. The fourth-order valence-corrected chi connectivity index (χ4v) is 4.33. The van der Waals surface area contributed by atoms with E-state index in [9.17, 15) is 13.2 Å². The zero-order valence-corrected chi connectivity index (χ0v) is 14.3. The van der Waals surface area contributed by atoms with Crippen molar-refractivity contribution in [3.05, 3.63) is 35.2 Å². The summed E-state index contributed by atoms with van der Waals surface area (Å²) in [5.41, 5.74) is 0. The molecule has 1 fully saturated rings. The highest BCUT2D eigenvalue weighted by Crippen LogP contribution is 2.25. The van der Waals surface area contributed by atoms with Gasteiger partial charge in [-0.25, -0.2) is 8.42 Å². The summed E-state index contributed by atoms with van der Waals surface area (Å²) in [6.07, 6.45) is 0.863. The number of nitrogens with zero attached hydrogens (tertiary/aromatic N) is 1. The number of benzene rings is 1. The number of carbonyl (C=O) groups is 1. The fourth-order valence-electron chi connectivity index (χ4n) is 2.50. The minimum absolute atomic E-state index is 0.161. The van der Waals surface area contributed by atoms with E-state index in [1.54, 1.807) is 0 Å². The molecule has 2 aromatic rings. The van der Waals surface area contributed by atoms with E-state index >= 15 is 0 Å². The molecule has 0 bridgehead atoms. The van der Waals surface area contributed by atoms with Crippen LogP contribution in [0.15, 0.2) is 30.3 Å². The number of hydrogen-bond acceptors (Lipinski definition) is 5. The van der Waals surface area contributed by atoms with E-state index in [4.69, 9.17) is 4.74 Å². The minimum Gasteiger partial charge on any atom is -0.374 e. The number of morpholine rings is 1. The molecule has 1 aromatic carbocycles. The SMILES string of the molecule is CS(=O)(=O)N1CCO[C@H](CNC(=O)c2cc3ccccc3s2)C1. The molecule has 6 nitrogen and oxygen atoms in total. The highest BCUT2D eigenvalue weighted by molar-refractivity contribution is 7.88. The van der Waals surface area contributed by atoms with Crippen molar-refractivity contribution in [2.75, 3.05) is 32.5 Å². The van der Waals surface area contributed by atoms with Crippen LogP contribution in [0.25, 0.3) is 10.1 Å². The van der Waals surface area contributed by atoms with Gasteiger partial charge in [0.1, 0.15) is 0 Å². The number of carbonyl (C=O) groups excluding carboxylic acids is 1. The van der Waals surface area contributed by atoms with Crippen LogP contribution in [0.4, 0.5) is 0 Å². The van der Waals surface area contributed by atoms with Gasteiger partial charge in [-0.15, -0.1) is 11.3 Å². The number of nitrogens with one attached hydrogen (secondary N) is 1. The van der Waals surface area contributed by atoms with Crippen LogP contribution in [-0.4, -0.2) is 57.2 Å². The zero-order valence-electron chi connectivity index (χ0n) is 12.7.